The Morgan fingerprint density at radius 3 is 3.11 bits per heavy atom. The zero-order valence-corrected chi connectivity index (χ0v) is 10.3. The standard InChI is InChI=1S/C13H16N4O/c1-18-10-5-2-4-9(8-10)13-16-15-12-7-3-6-11(14)17(12)13/h2,4-5,8,11H,3,6-7,14H2,1H3. The molecule has 1 aromatic heterocycles. The summed E-state index contributed by atoms with van der Waals surface area (Å²) in [5.74, 6) is 2.62. The molecule has 0 spiro atoms. The van der Waals surface area contributed by atoms with Crippen molar-refractivity contribution in [2.24, 2.45) is 5.73 Å². The molecule has 2 heterocycles. The Balaban J connectivity index is 2.09. The number of methoxy groups -OCH3 is 1. The van der Waals surface area contributed by atoms with Gasteiger partial charge in [0, 0.05) is 12.0 Å². The van der Waals surface area contributed by atoms with E-state index >= 15 is 0 Å². The van der Waals surface area contributed by atoms with Crippen LogP contribution in [0.2, 0.25) is 0 Å². The van der Waals surface area contributed by atoms with Crippen LogP contribution >= 0.6 is 0 Å². The van der Waals surface area contributed by atoms with Crippen molar-refractivity contribution in [2.45, 2.75) is 25.4 Å². The second kappa shape index (κ2) is 4.42. The summed E-state index contributed by atoms with van der Waals surface area (Å²) in [5, 5.41) is 8.50. The highest BCUT2D eigenvalue weighted by Gasteiger charge is 2.22. The predicted octanol–water partition coefficient (Wildman–Crippen LogP) is 1.75. The van der Waals surface area contributed by atoms with E-state index < -0.39 is 0 Å². The summed E-state index contributed by atoms with van der Waals surface area (Å²) in [6, 6.07) is 7.82. The van der Waals surface area contributed by atoms with Gasteiger partial charge in [-0.25, -0.2) is 0 Å². The van der Waals surface area contributed by atoms with Crippen molar-refractivity contribution in [2.75, 3.05) is 7.11 Å². The second-order valence-corrected chi connectivity index (χ2v) is 4.50. The number of ether oxygens (including phenoxy) is 1. The van der Waals surface area contributed by atoms with Gasteiger partial charge in [0.05, 0.1) is 13.3 Å². The normalized spacial score (nSPS) is 18.4. The van der Waals surface area contributed by atoms with Crippen molar-refractivity contribution in [1.29, 1.82) is 0 Å². The Bertz CT molecular complexity index is 564. The molecule has 0 amide bonds. The lowest BCUT2D eigenvalue weighted by Crippen LogP contribution is -2.25. The van der Waals surface area contributed by atoms with E-state index in [1.807, 2.05) is 28.8 Å². The number of rotatable bonds is 2. The van der Waals surface area contributed by atoms with Gasteiger partial charge in [0.25, 0.3) is 0 Å². The van der Waals surface area contributed by atoms with Gasteiger partial charge >= 0.3 is 0 Å². The van der Waals surface area contributed by atoms with Crippen LogP contribution in [0.5, 0.6) is 5.75 Å². The van der Waals surface area contributed by atoms with Crippen molar-refractivity contribution in [1.82, 2.24) is 14.8 Å². The van der Waals surface area contributed by atoms with Crippen molar-refractivity contribution < 1.29 is 4.74 Å². The highest BCUT2D eigenvalue weighted by molar-refractivity contribution is 5.58. The van der Waals surface area contributed by atoms with Crippen LogP contribution in [0.1, 0.15) is 24.8 Å². The Kier molecular flexibility index (Phi) is 2.76. The van der Waals surface area contributed by atoms with Gasteiger partial charge in [-0.2, -0.15) is 0 Å². The smallest absolute Gasteiger partial charge is 0.165 e. The Morgan fingerprint density at radius 2 is 2.28 bits per heavy atom. The first kappa shape index (κ1) is 11.2. The van der Waals surface area contributed by atoms with E-state index in [0.717, 1.165) is 42.2 Å². The number of nitrogens with two attached hydrogens (primary N) is 1. The summed E-state index contributed by atoms with van der Waals surface area (Å²) in [6.07, 6.45) is 2.98. The molecule has 0 aliphatic carbocycles. The van der Waals surface area contributed by atoms with Crippen LogP contribution in [0.4, 0.5) is 0 Å². The molecule has 3 rings (SSSR count). The molecule has 2 aromatic rings. The van der Waals surface area contributed by atoms with Crippen molar-refractivity contribution in [3.05, 3.63) is 30.1 Å². The molecule has 94 valence electrons. The van der Waals surface area contributed by atoms with Crippen LogP contribution in [0.3, 0.4) is 0 Å². The topological polar surface area (TPSA) is 66.0 Å². The predicted molar refractivity (Wildman–Crippen MR) is 68.2 cm³/mol. The van der Waals surface area contributed by atoms with Gasteiger partial charge in [-0.15, -0.1) is 10.2 Å². The summed E-state index contributed by atoms with van der Waals surface area (Å²) < 4.78 is 7.28. The molecule has 2 N–H and O–H groups in total. The summed E-state index contributed by atoms with van der Waals surface area (Å²) in [4.78, 5) is 0. The van der Waals surface area contributed by atoms with Gasteiger partial charge in [0.15, 0.2) is 5.82 Å². The Labute approximate surface area is 106 Å². The monoisotopic (exact) mass is 244 g/mol. The van der Waals surface area contributed by atoms with E-state index in [0.29, 0.717) is 0 Å². The Hall–Kier alpha value is -1.88. The molecule has 0 bridgehead atoms. The van der Waals surface area contributed by atoms with E-state index in [9.17, 15) is 0 Å². The molecule has 0 saturated carbocycles. The van der Waals surface area contributed by atoms with Crippen LogP contribution in [-0.4, -0.2) is 21.9 Å². The molecule has 1 unspecified atom stereocenters. The largest absolute Gasteiger partial charge is 0.497 e. The van der Waals surface area contributed by atoms with Gasteiger partial charge in [0.2, 0.25) is 0 Å². The molecular weight excluding hydrogens is 228 g/mol. The fourth-order valence-corrected chi connectivity index (χ4v) is 2.40. The summed E-state index contributed by atoms with van der Waals surface area (Å²) in [5.41, 5.74) is 7.14. The number of aryl methyl sites for hydroxylation is 1. The summed E-state index contributed by atoms with van der Waals surface area (Å²) >= 11 is 0. The van der Waals surface area contributed by atoms with Gasteiger partial charge in [-0.3, -0.25) is 4.57 Å². The first-order chi connectivity index (χ1) is 8.79. The van der Waals surface area contributed by atoms with E-state index in [-0.39, 0.29) is 6.17 Å². The molecule has 0 radical (unpaired) electrons. The highest BCUT2D eigenvalue weighted by Crippen LogP contribution is 2.28. The van der Waals surface area contributed by atoms with Crippen LogP contribution in [0.15, 0.2) is 24.3 Å². The van der Waals surface area contributed by atoms with Crippen LogP contribution in [0.25, 0.3) is 11.4 Å². The van der Waals surface area contributed by atoms with E-state index in [1.165, 1.54) is 0 Å². The third kappa shape index (κ3) is 1.76. The number of aromatic nitrogens is 3. The maximum atomic E-state index is 6.15. The fourth-order valence-electron chi connectivity index (χ4n) is 2.40. The summed E-state index contributed by atoms with van der Waals surface area (Å²) in [7, 11) is 1.66. The van der Waals surface area contributed by atoms with Gasteiger partial charge in [-0.05, 0) is 25.0 Å². The molecule has 1 aliphatic heterocycles. The second-order valence-electron chi connectivity index (χ2n) is 4.50. The number of hydrogen-bond acceptors (Lipinski definition) is 4. The first-order valence-corrected chi connectivity index (χ1v) is 6.13. The van der Waals surface area contributed by atoms with Crippen LogP contribution in [0, 0.1) is 0 Å². The molecular formula is C13H16N4O. The van der Waals surface area contributed by atoms with Gasteiger partial charge < -0.3 is 10.5 Å². The minimum Gasteiger partial charge on any atom is -0.497 e. The first-order valence-electron chi connectivity index (χ1n) is 6.13. The van der Waals surface area contributed by atoms with E-state index in [1.54, 1.807) is 7.11 Å². The average Bonchev–Trinajstić information content (AvgIpc) is 2.84. The Morgan fingerprint density at radius 1 is 1.39 bits per heavy atom. The van der Waals surface area contributed by atoms with Gasteiger partial charge in [-0.1, -0.05) is 12.1 Å². The SMILES string of the molecule is COc1cccc(-c2nnc3n2C(N)CCC3)c1. The molecule has 1 aromatic carbocycles. The number of nitrogens with zero attached hydrogens (tertiary/aromatic N) is 3. The summed E-state index contributed by atoms with van der Waals surface area (Å²) in [6.45, 7) is 0. The zero-order valence-electron chi connectivity index (χ0n) is 10.3. The molecule has 5 heteroatoms. The van der Waals surface area contributed by atoms with Crippen molar-refractivity contribution in [3.8, 4) is 17.1 Å². The number of benzene rings is 1. The maximum Gasteiger partial charge on any atom is 0.165 e. The third-order valence-electron chi connectivity index (χ3n) is 3.33. The molecule has 1 atom stereocenters. The molecule has 0 fully saturated rings. The number of fused-ring (bicyclic) bond motifs is 1. The molecule has 1 aliphatic rings. The lowest BCUT2D eigenvalue weighted by molar-refractivity contribution is 0.410. The molecule has 0 saturated heterocycles. The van der Waals surface area contributed by atoms with Gasteiger partial charge in [0.1, 0.15) is 11.6 Å². The number of hydrogen-bond donors (Lipinski definition) is 1. The third-order valence-corrected chi connectivity index (χ3v) is 3.33. The highest BCUT2D eigenvalue weighted by atomic mass is 16.5. The zero-order chi connectivity index (χ0) is 12.5. The van der Waals surface area contributed by atoms with E-state index in [4.69, 9.17) is 10.5 Å². The lowest BCUT2D eigenvalue weighted by Gasteiger charge is -2.22. The lowest BCUT2D eigenvalue weighted by atomic mass is 10.1. The molecule has 18 heavy (non-hydrogen) atoms. The minimum atomic E-state index is -0.0232. The maximum absolute atomic E-state index is 6.15. The fraction of sp³-hybridized carbons (Fsp3) is 0.385. The quantitative estimate of drug-likeness (QED) is 0.874. The van der Waals surface area contributed by atoms with Crippen molar-refractivity contribution >= 4 is 0 Å². The van der Waals surface area contributed by atoms with E-state index in [2.05, 4.69) is 10.2 Å². The average molecular weight is 244 g/mol. The van der Waals surface area contributed by atoms with Crippen LogP contribution < -0.4 is 10.5 Å². The molecule has 5 nitrogen and oxygen atoms in total. The van der Waals surface area contributed by atoms with Crippen LogP contribution in [-0.2, 0) is 6.42 Å². The van der Waals surface area contributed by atoms with Crippen molar-refractivity contribution in [3.63, 3.8) is 0 Å². The minimum absolute atomic E-state index is 0.0232.